The minimum absolute atomic E-state index is 0.125. The van der Waals surface area contributed by atoms with Crippen molar-refractivity contribution in [2.75, 3.05) is 6.61 Å². The number of phenolic OH excluding ortho intramolecular Hbond substituents is 3. The molecule has 2 aliphatic rings. The lowest BCUT2D eigenvalue weighted by Crippen LogP contribution is -2.60. The lowest BCUT2D eigenvalue weighted by molar-refractivity contribution is -0.278. The van der Waals surface area contributed by atoms with Gasteiger partial charge in [0, 0.05) is 19.1 Å². The molecule has 2 heterocycles. The predicted molar refractivity (Wildman–Crippen MR) is 116 cm³/mol. The van der Waals surface area contributed by atoms with Gasteiger partial charge in [0.1, 0.15) is 53.8 Å². The van der Waals surface area contributed by atoms with Crippen molar-refractivity contribution in [1.29, 1.82) is 0 Å². The number of hydrogen-bond donors (Lipinski definition) is 7. The van der Waals surface area contributed by atoms with Crippen LogP contribution in [0.2, 0.25) is 0 Å². The van der Waals surface area contributed by atoms with Gasteiger partial charge in [0.2, 0.25) is 12.1 Å². The van der Waals surface area contributed by atoms with Gasteiger partial charge in [0.25, 0.3) is 0 Å². The van der Waals surface area contributed by atoms with Crippen molar-refractivity contribution in [1.82, 2.24) is 0 Å². The number of ketones is 1. The zero-order chi connectivity index (χ0) is 26.3. The maximum absolute atomic E-state index is 12.7. The molecule has 0 radical (unpaired) electrons. The van der Waals surface area contributed by atoms with E-state index in [-0.39, 0.29) is 28.4 Å². The number of phenols is 3. The average Bonchev–Trinajstić information content (AvgIpc) is 2.81. The molecule has 0 aromatic heterocycles. The van der Waals surface area contributed by atoms with E-state index < -0.39 is 72.8 Å². The summed E-state index contributed by atoms with van der Waals surface area (Å²) in [5, 5.41) is 71.1. The summed E-state index contributed by atoms with van der Waals surface area (Å²) in [6.45, 7) is 0.682. The number of esters is 1. The fourth-order valence-electron chi connectivity index (χ4n) is 3.94. The van der Waals surface area contributed by atoms with Crippen molar-refractivity contribution in [3.63, 3.8) is 0 Å². The van der Waals surface area contributed by atoms with Crippen LogP contribution >= 0.6 is 0 Å². The van der Waals surface area contributed by atoms with Crippen molar-refractivity contribution >= 4 is 11.8 Å². The number of carbonyl (C=O) groups excluding carboxylic acids is 2. The molecule has 194 valence electrons. The van der Waals surface area contributed by atoms with Crippen molar-refractivity contribution in [2.45, 2.75) is 49.8 Å². The number of rotatable bonds is 5. The van der Waals surface area contributed by atoms with Gasteiger partial charge in [-0.3, -0.25) is 9.59 Å². The number of aromatic hydroxyl groups is 3. The van der Waals surface area contributed by atoms with Gasteiger partial charge in [-0.25, -0.2) is 0 Å². The highest BCUT2D eigenvalue weighted by atomic mass is 16.7. The Hall–Kier alpha value is -3.62. The molecule has 0 spiro atoms. The molecule has 36 heavy (non-hydrogen) atoms. The standard InChI is InChI=1S/C23H24O13/c1-8(24)33-7-15-17(28)19(30)21(32)23(36-15)35-13-4-9(2-3-11(13)26)22-20(31)18(29)16-12(27)5-10(25)6-14(16)34-22/h2-6,15,17,19-23,25-28,30-32H,7H2,1H3/t15-,17-,19+,20+,21-,22-,23-/m1/s1. The Morgan fingerprint density at radius 3 is 2.39 bits per heavy atom. The molecule has 7 N–H and O–H groups in total. The van der Waals surface area contributed by atoms with Gasteiger partial charge < -0.3 is 54.7 Å². The molecular weight excluding hydrogens is 484 g/mol. The first kappa shape index (κ1) is 25.5. The zero-order valence-electron chi connectivity index (χ0n) is 18.7. The van der Waals surface area contributed by atoms with Crippen molar-refractivity contribution in [3.8, 4) is 28.7 Å². The van der Waals surface area contributed by atoms with Crippen LogP contribution in [0.5, 0.6) is 28.7 Å². The SMILES string of the molecule is CC(=O)OC[C@H]1O[C@@H](Oc2cc([C@H]3Oc4cc(O)cc(O)c4C(=O)[C@@H]3O)ccc2O)[C@H](O)[C@@H](O)[C@@H]1O. The van der Waals surface area contributed by atoms with E-state index in [1.54, 1.807) is 0 Å². The molecule has 2 aromatic carbocycles. The molecule has 0 aliphatic carbocycles. The van der Waals surface area contributed by atoms with Crippen LogP contribution in [0.1, 0.15) is 28.9 Å². The second-order valence-corrected chi connectivity index (χ2v) is 8.35. The molecule has 1 fully saturated rings. The Morgan fingerprint density at radius 1 is 0.972 bits per heavy atom. The summed E-state index contributed by atoms with van der Waals surface area (Å²) in [7, 11) is 0. The Morgan fingerprint density at radius 2 is 1.69 bits per heavy atom. The number of aliphatic hydroxyl groups excluding tert-OH is 4. The first-order valence-corrected chi connectivity index (χ1v) is 10.8. The van der Waals surface area contributed by atoms with E-state index in [2.05, 4.69) is 0 Å². The van der Waals surface area contributed by atoms with Crippen LogP contribution < -0.4 is 9.47 Å². The Bertz CT molecular complexity index is 1160. The van der Waals surface area contributed by atoms with Crippen LogP contribution in [0.25, 0.3) is 0 Å². The second kappa shape index (κ2) is 9.79. The third-order valence-electron chi connectivity index (χ3n) is 5.80. The Labute approximate surface area is 203 Å². The maximum Gasteiger partial charge on any atom is 0.302 e. The largest absolute Gasteiger partial charge is 0.508 e. The lowest BCUT2D eigenvalue weighted by Gasteiger charge is -2.40. The lowest BCUT2D eigenvalue weighted by atomic mass is 9.92. The van der Waals surface area contributed by atoms with Gasteiger partial charge in [-0.05, 0) is 17.7 Å². The maximum atomic E-state index is 12.7. The number of carbonyl (C=O) groups is 2. The molecule has 13 heteroatoms. The van der Waals surface area contributed by atoms with Crippen LogP contribution in [0.3, 0.4) is 0 Å². The average molecular weight is 508 g/mol. The number of ether oxygens (including phenoxy) is 4. The third-order valence-corrected chi connectivity index (χ3v) is 5.80. The highest BCUT2D eigenvalue weighted by Gasteiger charge is 2.46. The van der Waals surface area contributed by atoms with Gasteiger partial charge in [-0.1, -0.05) is 6.07 Å². The third kappa shape index (κ3) is 4.74. The van der Waals surface area contributed by atoms with E-state index in [4.69, 9.17) is 18.9 Å². The van der Waals surface area contributed by atoms with E-state index >= 15 is 0 Å². The molecule has 4 rings (SSSR count). The smallest absolute Gasteiger partial charge is 0.302 e. The summed E-state index contributed by atoms with van der Waals surface area (Å²) in [4.78, 5) is 23.8. The van der Waals surface area contributed by atoms with Gasteiger partial charge in [-0.15, -0.1) is 0 Å². The first-order valence-electron chi connectivity index (χ1n) is 10.8. The normalized spacial score (nSPS) is 29.7. The molecule has 2 aliphatic heterocycles. The molecule has 0 unspecified atom stereocenters. The highest BCUT2D eigenvalue weighted by molar-refractivity contribution is 6.05. The molecule has 13 nitrogen and oxygen atoms in total. The number of aliphatic hydroxyl groups is 4. The first-order chi connectivity index (χ1) is 17.0. The molecule has 0 saturated carbocycles. The van der Waals surface area contributed by atoms with Crippen LogP contribution in [0.4, 0.5) is 0 Å². The topological polar surface area (TPSA) is 213 Å². The van der Waals surface area contributed by atoms with Gasteiger partial charge >= 0.3 is 5.97 Å². The minimum atomic E-state index is -1.77. The van der Waals surface area contributed by atoms with Crippen molar-refractivity contribution in [3.05, 3.63) is 41.5 Å². The predicted octanol–water partition coefficient (Wildman–Crippen LogP) is -0.770. The fourth-order valence-corrected chi connectivity index (χ4v) is 3.94. The van der Waals surface area contributed by atoms with Gasteiger partial charge in [0.15, 0.2) is 23.7 Å². The van der Waals surface area contributed by atoms with Crippen LogP contribution in [0, 0.1) is 0 Å². The fraction of sp³-hybridized carbons (Fsp3) is 0.391. The monoisotopic (exact) mass is 508 g/mol. The van der Waals surface area contributed by atoms with Crippen LogP contribution in [0.15, 0.2) is 30.3 Å². The summed E-state index contributed by atoms with van der Waals surface area (Å²) in [5.74, 6) is -3.42. The number of hydrogen-bond acceptors (Lipinski definition) is 13. The second-order valence-electron chi connectivity index (χ2n) is 8.35. The Kier molecular flexibility index (Phi) is 6.93. The van der Waals surface area contributed by atoms with Crippen LogP contribution in [-0.4, -0.2) is 90.9 Å². The van der Waals surface area contributed by atoms with E-state index in [9.17, 15) is 45.3 Å². The van der Waals surface area contributed by atoms with E-state index in [0.717, 1.165) is 25.1 Å². The number of fused-ring (bicyclic) bond motifs is 1. The van der Waals surface area contributed by atoms with E-state index in [1.807, 2.05) is 0 Å². The van der Waals surface area contributed by atoms with Crippen LogP contribution in [-0.2, 0) is 14.3 Å². The summed E-state index contributed by atoms with van der Waals surface area (Å²) in [5.41, 5.74) is -0.184. The Balaban J connectivity index is 1.59. The van der Waals surface area contributed by atoms with Crippen molar-refractivity contribution < 1.29 is 64.3 Å². The molecule has 7 atom stereocenters. The molecule has 0 amide bonds. The summed E-state index contributed by atoms with van der Waals surface area (Å²) >= 11 is 0. The van der Waals surface area contributed by atoms with Crippen molar-refractivity contribution in [2.24, 2.45) is 0 Å². The molecule has 1 saturated heterocycles. The van der Waals surface area contributed by atoms with E-state index in [0.29, 0.717) is 0 Å². The highest BCUT2D eigenvalue weighted by Crippen LogP contribution is 2.43. The number of Topliss-reactive ketones (excluding diaryl/α,β-unsaturated/α-hetero) is 1. The minimum Gasteiger partial charge on any atom is -0.508 e. The summed E-state index contributed by atoms with van der Waals surface area (Å²) in [6.07, 6.45) is -11.1. The molecule has 2 aromatic rings. The molecule has 0 bridgehead atoms. The molecular formula is C23H24O13. The zero-order valence-corrected chi connectivity index (χ0v) is 18.7. The van der Waals surface area contributed by atoms with E-state index in [1.165, 1.54) is 12.1 Å². The summed E-state index contributed by atoms with van der Waals surface area (Å²) < 4.78 is 21.4. The summed E-state index contributed by atoms with van der Waals surface area (Å²) in [6, 6.07) is 5.66. The number of benzene rings is 2. The van der Waals surface area contributed by atoms with Gasteiger partial charge in [0.05, 0.1) is 0 Å². The van der Waals surface area contributed by atoms with Gasteiger partial charge in [-0.2, -0.15) is 0 Å². The quantitative estimate of drug-likeness (QED) is 0.248.